The predicted octanol–water partition coefficient (Wildman–Crippen LogP) is 6.75. The van der Waals surface area contributed by atoms with Gasteiger partial charge < -0.3 is 14.8 Å². The zero-order valence-electron chi connectivity index (χ0n) is 15.6. The molecule has 146 valence electrons. The number of halogens is 3. The summed E-state index contributed by atoms with van der Waals surface area (Å²) >= 11 is 9.45. The van der Waals surface area contributed by atoms with E-state index in [-0.39, 0.29) is 5.02 Å². The molecule has 0 aromatic heterocycles. The number of methoxy groups -OCH3 is 1. The number of hydrogen-bond donors (Lipinski definition) is 1. The minimum atomic E-state index is -0.447. The molecular weight excluding hydrogens is 445 g/mol. The van der Waals surface area contributed by atoms with Crippen molar-refractivity contribution in [2.75, 3.05) is 12.4 Å². The van der Waals surface area contributed by atoms with Crippen LogP contribution in [0.3, 0.4) is 0 Å². The van der Waals surface area contributed by atoms with Crippen molar-refractivity contribution in [3.8, 4) is 11.5 Å². The standard InChI is InChI=1S/C22H20BrClFNO2/c1-14-3-5-15(6-4-14)13-28-22-17(18(23)8-10-21(22)27-2)12-26-16-7-9-20(25)19(24)11-16/h3-11,26H,12-13H2,1-2H3. The van der Waals surface area contributed by atoms with Crippen LogP contribution in [0.5, 0.6) is 11.5 Å². The van der Waals surface area contributed by atoms with E-state index in [4.69, 9.17) is 21.1 Å². The molecule has 0 spiro atoms. The Morgan fingerprint density at radius 3 is 2.50 bits per heavy atom. The molecule has 0 radical (unpaired) electrons. The SMILES string of the molecule is COc1ccc(Br)c(CNc2ccc(F)c(Cl)c2)c1OCc1ccc(C)cc1. The van der Waals surface area contributed by atoms with Crippen molar-refractivity contribution in [3.63, 3.8) is 0 Å². The number of anilines is 1. The molecule has 28 heavy (non-hydrogen) atoms. The maximum Gasteiger partial charge on any atom is 0.167 e. The maximum absolute atomic E-state index is 13.4. The van der Waals surface area contributed by atoms with Gasteiger partial charge in [0.25, 0.3) is 0 Å². The molecule has 3 aromatic carbocycles. The van der Waals surface area contributed by atoms with Crippen LogP contribution in [-0.4, -0.2) is 7.11 Å². The first-order chi connectivity index (χ1) is 13.5. The van der Waals surface area contributed by atoms with Gasteiger partial charge in [-0.25, -0.2) is 4.39 Å². The molecule has 0 bridgehead atoms. The van der Waals surface area contributed by atoms with Crippen molar-refractivity contribution in [2.24, 2.45) is 0 Å². The van der Waals surface area contributed by atoms with Gasteiger partial charge in [0.15, 0.2) is 11.5 Å². The summed E-state index contributed by atoms with van der Waals surface area (Å²) in [6.07, 6.45) is 0. The van der Waals surface area contributed by atoms with Crippen molar-refractivity contribution in [2.45, 2.75) is 20.1 Å². The molecule has 0 aliphatic carbocycles. The van der Waals surface area contributed by atoms with Gasteiger partial charge in [-0.1, -0.05) is 57.4 Å². The quantitative estimate of drug-likeness (QED) is 0.419. The van der Waals surface area contributed by atoms with Crippen molar-refractivity contribution in [1.82, 2.24) is 0 Å². The lowest BCUT2D eigenvalue weighted by molar-refractivity contribution is 0.281. The van der Waals surface area contributed by atoms with Crippen molar-refractivity contribution in [1.29, 1.82) is 0 Å². The Kier molecular flexibility index (Phi) is 6.81. The Labute approximate surface area is 177 Å². The largest absolute Gasteiger partial charge is 0.493 e. The Morgan fingerprint density at radius 2 is 1.82 bits per heavy atom. The fraction of sp³-hybridized carbons (Fsp3) is 0.182. The van der Waals surface area contributed by atoms with Gasteiger partial charge in [-0.15, -0.1) is 0 Å². The maximum atomic E-state index is 13.4. The fourth-order valence-electron chi connectivity index (χ4n) is 2.70. The Morgan fingerprint density at radius 1 is 1.07 bits per heavy atom. The van der Waals surface area contributed by atoms with Gasteiger partial charge in [-0.2, -0.15) is 0 Å². The fourth-order valence-corrected chi connectivity index (χ4v) is 3.34. The van der Waals surface area contributed by atoms with Crippen LogP contribution >= 0.6 is 27.5 Å². The van der Waals surface area contributed by atoms with Crippen LogP contribution in [0.4, 0.5) is 10.1 Å². The van der Waals surface area contributed by atoms with E-state index in [1.54, 1.807) is 19.2 Å². The first-order valence-electron chi connectivity index (χ1n) is 8.70. The molecule has 0 fully saturated rings. The van der Waals surface area contributed by atoms with Crippen molar-refractivity contribution in [3.05, 3.63) is 86.6 Å². The normalized spacial score (nSPS) is 10.6. The third-order valence-corrected chi connectivity index (χ3v) is 5.31. The molecule has 1 N–H and O–H groups in total. The summed E-state index contributed by atoms with van der Waals surface area (Å²) in [5.74, 6) is 0.847. The molecule has 3 aromatic rings. The summed E-state index contributed by atoms with van der Waals surface area (Å²) < 4.78 is 25.9. The van der Waals surface area contributed by atoms with E-state index in [0.29, 0.717) is 30.3 Å². The van der Waals surface area contributed by atoms with Crippen LogP contribution in [0, 0.1) is 12.7 Å². The van der Waals surface area contributed by atoms with E-state index < -0.39 is 5.82 Å². The van der Waals surface area contributed by atoms with Crippen LogP contribution < -0.4 is 14.8 Å². The van der Waals surface area contributed by atoms with E-state index in [0.717, 1.165) is 15.6 Å². The number of nitrogens with one attached hydrogen (secondary N) is 1. The van der Waals surface area contributed by atoms with Gasteiger partial charge in [0.2, 0.25) is 0 Å². The van der Waals surface area contributed by atoms with E-state index in [2.05, 4.69) is 33.4 Å². The predicted molar refractivity (Wildman–Crippen MR) is 115 cm³/mol. The third kappa shape index (κ3) is 4.97. The number of ether oxygens (including phenoxy) is 2. The minimum Gasteiger partial charge on any atom is -0.493 e. The van der Waals surface area contributed by atoms with Gasteiger partial charge in [-0.05, 0) is 42.8 Å². The lowest BCUT2D eigenvalue weighted by Crippen LogP contribution is -2.06. The zero-order chi connectivity index (χ0) is 20.1. The number of aryl methyl sites for hydroxylation is 1. The molecule has 0 aliphatic rings. The minimum absolute atomic E-state index is 0.0746. The van der Waals surface area contributed by atoms with E-state index >= 15 is 0 Å². The number of benzene rings is 3. The Hall–Kier alpha value is -2.24. The van der Waals surface area contributed by atoms with Gasteiger partial charge >= 0.3 is 0 Å². The van der Waals surface area contributed by atoms with Gasteiger partial charge in [0.1, 0.15) is 12.4 Å². The van der Waals surface area contributed by atoms with Crippen molar-refractivity contribution >= 4 is 33.2 Å². The summed E-state index contributed by atoms with van der Waals surface area (Å²) in [4.78, 5) is 0. The summed E-state index contributed by atoms with van der Waals surface area (Å²) in [5.41, 5.74) is 3.88. The van der Waals surface area contributed by atoms with E-state index in [1.165, 1.54) is 11.6 Å². The molecule has 6 heteroatoms. The molecule has 0 unspecified atom stereocenters. The van der Waals surface area contributed by atoms with Crippen molar-refractivity contribution < 1.29 is 13.9 Å². The Balaban J connectivity index is 1.82. The molecule has 0 amide bonds. The third-order valence-electron chi connectivity index (χ3n) is 4.28. The average molecular weight is 465 g/mol. The molecule has 0 heterocycles. The molecule has 0 saturated carbocycles. The van der Waals surface area contributed by atoms with E-state index in [1.807, 2.05) is 31.2 Å². The smallest absolute Gasteiger partial charge is 0.167 e. The highest BCUT2D eigenvalue weighted by Crippen LogP contribution is 2.37. The lowest BCUT2D eigenvalue weighted by Gasteiger charge is -2.18. The first kappa shape index (κ1) is 20.5. The number of rotatable bonds is 7. The molecule has 3 rings (SSSR count). The van der Waals surface area contributed by atoms with Crippen LogP contribution in [0.2, 0.25) is 5.02 Å². The second-order valence-electron chi connectivity index (χ2n) is 6.31. The molecule has 0 saturated heterocycles. The highest BCUT2D eigenvalue weighted by atomic mass is 79.9. The monoisotopic (exact) mass is 463 g/mol. The topological polar surface area (TPSA) is 30.5 Å². The summed E-state index contributed by atoms with van der Waals surface area (Å²) in [6.45, 7) is 2.92. The molecule has 0 atom stereocenters. The second-order valence-corrected chi connectivity index (χ2v) is 7.58. The van der Waals surface area contributed by atoms with Crippen LogP contribution in [0.15, 0.2) is 59.1 Å². The van der Waals surface area contributed by atoms with E-state index in [9.17, 15) is 4.39 Å². The molecular formula is C22H20BrClFNO2. The van der Waals surface area contributed by atoms with Gasteiger partial charge in [-0.3, -0.25) is 0 Å². The summed E-state index contributed by atoms with van der Waals surface area (Å²) in [5, 5.41) is 3.33. The average Bonchev–Trinajstić information content (AvgIpc) is 2.69. The lowest BCUT2D eigenvalue weighted by atomic mass is 10.1. The zero-order valence-corrected chi connectivity index (χ0v) is 17.9. The summed E-state index contributed by atoms with van der Waals surface area (Å²) in [6, 6.07) is 16.5. The Bertz CT molecular complexity index is 963. The van der Waals surface area contributed by atoms with Crippen LogP contribution in [0.25, 0.3) is 0 Å². The highest BCUT2D eigenvalue weighted by Gasteiger charge is 2.15. The number of hydrogen-bond acceptors (Lipinski definition) is 3. The highest BCUT2D eigenvalue weighted by molar-refractivity contribution is 9.10. The summed E-state index contributed by atoms with van der Waals surface area (Å²) in [7, 11) is 1.61. The first-order valence-corrected chi connectivity index (χ1v) is 9.87. The molecule has 3 nitrogen and oxygen atoms in total. The van der Waals surface area contributed by atoms with Crippen LogP contribution in [0.1, 0.15) is 16.7 Å². The molecule has 0 aliphatic heterocycles. The van der Waals surface area contributed by atoms with Gasteiger partial charge in [0.05, 0.1) is 12.1 Å². The second kappa shape index (κ2) is 9.30. The van der Waals surface area contributed by atoms with Crippen LogP contribution in [-0.2, 0) is 13.2 Å². The van der Waals surface area contributed by atoms with Gasteiger partial charge in [0, 0.05) is 22.3 Å².